The van der Waals surface area contributed by atoms with Crippen LogP contribution in [0.3, 0.4) is 0 Å². The lowest BCUT2D eigenvalue weighted by Gasteiger charge is -2.23. The Hall–Kier alpha value is -4.09. The van der Waals surface area contributed by atoms with Crippen LogP contribution in [-0.2, 0) is 35.0 Å². The minimum Gasteiger partial charge on any atom is -0.467 e. The average Bonchev–Trinajstić information content (AvgIpc) is 2.96. The van der Waals surface area contributed by atoms with Crippen LogP contribution < -0.4 is 9.47 Å². The molecule has 12 heteroatoms. The van der Waals surface area contributed by atoms with Crippen LogP contribution in [0.2, 0.25) is 0 Å². The predicted molar refractivity (Wildman–Crippen MR) is 117 cm³/mol. The number of amides is 1. The molecule has 2 heterocycles. The van der Waals surface area contributed by atoms with Gasteiger partial charge in [0.05, 0.1) is 17.7 Å². The zero-order valence-corrected chi connectivity index (χ0v) is 19.1. The van der Waals surface area contributed by atoms with Crippen molar-refractivity contribution in [3.63, 3.8) is 0 Å². The van der Waals surface area contributed by atoms with Gasteiger partial charge >= 0.3 is 18.3 Å². The monoisotopic (exact) mass is 524 g/mol. The van der Waals surface area contributed by atoms with Gasteiger partial charge in [-0.15, -0.1) is 0 Å². The number of rotatable bonds is 4. The first kappa shape index (κ1) is 26.0. The number of nitrogens with zero attached hydrogens (tertiary/aromatic N) is 2. The van der Waals surface area contributed by atoms with Gasteiger partial charge in [0.2, 0.25) is 5.88 Å². The van der Waals surface area contributed by atoms with Gasteiger partial charge in [-0.1, -0.05) is 18.2 Å². The smallest absolute Gasteiger partial charge is 0.416 e. The Bertz CT molecular complexity index is 1320. The van der Waals surface area contributed by atoms with E-state index in [1.54, 1.807) is 30.3 Å². The molecule has 1 aliphatic heterocycles. The summed E-state index contributed by atoms with van der Waals surface area (Å²) in [5.74, 6) is -0.974. The molecule has 2 aromatic carbocycles. The first-order chi connectivity index (χ1) is 17.3. The molecule has 0 spiro atoms. The molecule has 6 nitrogen and oxygen atoms in total. The Morgan fingerprint density at radius 2 is 1.65 bits per heavy atom. The van der Waals surface area contributed by atoms with Gasteiger partial charge in [-0.2, -0.15) is 26.3 Å². The van der Waals surface area contributed by atoms with E-state index in [0.29, 0.717) is 28.8 Å². The van der Waals surface area contributed by atoms with Gasteiger partial charge in [0, 0.05) is 30.8 Å². The molecule has 0 N–H and O–H groups in total. The summed E-state index contributed by atoms with van der Waals surface area (Å²) in [6, 6.07) is 9.27. The van der Waals surface area contributed by atoms with Crippen LogP contribution in [-0.4, -0.2) is 28.4 Å². The van der Waals surface area contributed by atoms with Crippen molar-refractivity contribution in [2.24, 2.45) is 0 Å². The highest BCUT2D eigenvalue weighted by Crippen LogP contribution is 2.39. The molecule has 0 radical (unpaired) electrons. The molecular weight excluding hydrogens is 506 g/mol. The number of fused-ring (bicyclic) bond motifs is 1. The van der Waals surface area contributed by atoms with E-state index in [9.17, 15) is 35.9 Å². The van der Waals surface area contributed by atoms with Gasteiger partial charge in [-0.05, 0) is 41.5 Å². The molecule has 0 aliphatic carbocycles. The molecule has 0 bridgehead atoms. The minimum atomic E-state index is -5.02. The van der Waals surface area contributed by atoms with Gasteiger partial charge in [0.15, 0.2) is 6.61 Å². The van der Waals surface area contributed by atoms with Gasteiger partial charge in [-0.3, -0.25) is 9.59 Å². The van der Waals surface area contributed by atoms with Gasteiger partial charge in [-0.25, -0.2) is 4.98 Å². The van der Waals surface area contributed by atoms with E-state index in [2.05, 4.69) is 4.98 Å². The van der Waals surface area contributed by atoms with Crippen molar-refractivity contribution in [1.82, 2.24) is 9.88 Å². The molecular formula is C25H18F6N2O4. The summed E-state index contributed by atoms with van der Waals surface area (Å²) in [5, 5.41) is 0. The summed E-state index contributed by atoms with van der Waals surface area (Å²) in [6.07, 6.45) is -8.64. The number of aromatic nitrogens is 1. The highest BCUT2D eigenvalue weighted by molar-refractivity contribution is 5.82. The second kappa shape index (κ2) is 9.75. The SMILES string of the molecule is CC(=O)Oc1ccccc1-c1ccnc2c1CN(Cc1cc(C(F)(F)F)cc(C(F)(F)F)c1)C(=O)CO2. The number of alkyl halides is 6. The van der Waals surface area contributed by atoms with Crippen LogP contribution in [0.25, 0.3) is 11.1 Å². The third kappa shape index (κ3) is 5.84. The van der Waals surface area contributed by atoms with Crippen molar-refractivity contribution in [3.8, 4) is 22.8 Å². The molecule has 1 aromatic heterocycles. The van der Waals surface area contributed by atoms with Crippen molar-refractivity contribution in [3.05, 3.63) is 77.0 Å². The summed E-state index contributed by atoms with van der Waals surface area (Å²) in [5.41, 5.74) is -2.06. The van der Waals surface area contributed by atoms with Gasteiger partial charge in [0.25, 0.3) is 5.91 Å². The fourth-order valence-electron chi connectivity index (χ4n) is 3.91. The summed E-state index contributed by atoms with van der Waals surface area (Å²) in [7, 11) is 0. The topological polar surface area (TPSA) is 68.7 Å². The van der Waals surface area contributed by atoms with Crippen molar-refractivity contribution >= 4 is 11.9 Å². The highest BCUT2D eigenvalue weighted by atomic mass is 19.4. The fourth-order valence-corrected chi connectivity index (χ4v) is 3.91. The molecule has 1 aliphatic rings. The molecule has 0 fully saturated rings. The predicted octanol–water partition coefficient (Wildman–Crippen LogP) is 5.63. The number of pyridine rings is 1. The molecule has 0 atom stereocenters. The maximum atomic E-state index is 13.3. The summed E-state index contributed by atoms with van der Waals surface area (Å²) in [6.45, 7) is -0.0876. The van der Waals surface area contributed by atoms with Crippen LogP contribution in [0.1, 0.15) is 29.2 Å². The normalized spacial score (nSPS) is 14.0. The molecule has 0 unspecified atom stereocenters. The number of esters is 1. The number of carbonyl (C=O) groups is 2. The van der Waals surface area contributed by atoms with Crippen LogP contribution in [0, 0.1) is 0 Å². The second-order valence-electron chi connectivity index (χ2n) is 8.18. The first-order valence-electron chi connectivity index (χ1n) is 10.8. The third-order valence-corrected chi connectivity index (χ3v) is 5.50. The Labute approximate surface area is 206 Å². The average molecular weight is 524 g/mol. The Kier molecular flexibility index (Phi) is 6.85. The van der Waals surface area contributed by atoms with Crippen LogP contribution in [0.15, 0.2) is 54.7 Å². The van der Waals surface area contributed by atoms with E-state index in [4.69, 9.17) is 9.47 Å². The zero-order chi connectivity index (χ0) is 27.0. The van der Waals surface area contributed by atoms with E-state index < -0.39 is 48.5 Å². The van der Waals surface area contributed by atoms with Gasteiger partial charge < -0.3 is 14.4 Å². The lowest BCUT2D eigenvalue weighted by atomic mass is 9.99. The van der Waals surface area contributed by atoms with Crippen molar-refractivity contribution in [2.45, 2.75) is 32.4 Å². The number of carbonyl (C=O) groups excluding carboxylic acids is 2. The number of ether oxygens (including phenoxy) is 2. The largest absolute Gasteiger partial charge is 0.467 e. The minimum absolute atomic E-state index is 0.0279. The van der Waals surface area contributed by atoms with Gasteiger partial charge in [0.1, 0.15) is 5.75 Å². The maximum Gasteiger partial charge on any atom is 0.416 e. The number of hydrogen-bond donors (Lipinski definition) is 0. The second-order valence-corrected chi connectivity index (χ2v) is 8.18. The number of halogens is 6. The zero-order valence-electron chi connectivity index (χ0n) is 19.1. The maximum absolute atomic E-state index is 13.3. The van der Waals surface area contributed by atoms with Crippen LogP contribution in [0.4, 0.5) is 26.3 Å². The molecule has 37 heavy (non-hydrogen) atoms. The Morgan fingerprint density at radius 3 is 2.27 bits per heavy atom. The number of benzene rings is 2. The van der Waals surface area contributed by atoms with E-state index in [-0.39, 0.29) is 29.8 Å². The molecule has 0 saturated carbocycles. The Balaban J connectivity index is 1.75. The first-order valence-corrected chi connectivity index (χ1v) is 10.8. The molecule has 0 saturated heterocycles. The highest BCUT2D eigenvalue weighted by Gasteiger charge is 2.37. The van der Waals surface area contributed by atoms with E-state index >= 15 is 0 Å². The van der Waals surface area contributed by atoms with Crippen LogP contribution >= 0.6 is 0 Å². The molecule has 1 amide bonds. The van der Waals surface area contributed by atoms with Crippen LogP contribution in [0.5, 0.6) is 11.6 Å². The lowest BCUT2D eigenvalue weighted by Crippen LogP contribution is -2.32. The molecule has 4 rings (SSSR count). The van der Waals surface area contributed by atoms with Crippen molar-refractivity contribution < 1.29 is 45.4 Å². The molecule has 3 aromatic rings. The Morgan fingerprint density at radius 1 is 1.00 bits per heavy atom. The third-order valence-electron chi connectivity index (χ3n) is 5.50. The van der Waals surface area contributed by atoms with E-state index in [0.717, 1.165) is 4.90 Å². The van der Waals surface area contributed by atoms with Crippen molar-refractivity contribution in [1.29, 1.82) is 0 Å². The fraction of sp³-hybridized carbons (Fsp3) is 0.240. The quantitative estimate of drug-likeness (QED) is 0.251. The number of hydrogen-bond acceptors (Lipinski definition) is 5. The number of para-hydroxylation sites is 1. The lowest BCUT2D eigenvalue weighted by molar-refractivity contribution is -0.143. The van der Waals surface area contributed by atoms with Crippen molar-refractivity contribution in [2.75, 3.05) is 6.61 Å². The molecule has 194 valence electrons. The summed E-state index contributed by atoms with van der Waals surface area (Å²) < 4.78 is 90.6. The van der Waals surface area contributed by atoms with E-state index in [1.807, 2.05) is 0 Å². The summed E-state index contributed by atoms with van der Waals surface area (Å²) >= 11 is 0. The standard InChI is InChI=1S/C25H18F6N2O4/c1-14(34)37-21-5-3-2-4-19(21)18-6-7-32-23-20(18)12-33(22(35)13-36-23)11-15-8-16(24(26,27)28)10-17(9-15)25(29,30)31/h2-10H,11-13H2,1H3. The van der Waals surface area contributed by atoms with E-state index in [1.165, 1.54) is 13.1 Å². The summed E-state index contributed by atoms with van der Waals surface area (Å²) in [4.78, 5) is 29.5.